The molecule has 0 bridgehead atoms. The SMILES string of the molecule is O=S(=O)(c1ccccc1F)N1CCc2sccc2[C@@H]1c1cccs1. The van der Waals surface area contributed by atoms with Gasteiger partial charge in [0.1, 0.15) is 10.7 Å². The maximum atomic E-state index is 14.1. The highest BCUT2D eigenvalue weighted by Gasteiger charge is 2.39. The van der Waals surface area contributed by atoms with E-state index in [4.69, 9.17) is 0 Å². The lowest BCUT2D eigenvalue weighted by Crippen LogP contribution is -2.40. The van der Waals surface area contributed by atoms with Gasteiger partial charge in [0.05, 0.1) is 6.04 Å². The van der Waals surface area contributed by atoms with Gasteiger partial charge in [-0.25, -0.2) is 12.8 Å². The summed E-state index contributed by atoms with van der Waals surface area (Å²) >= 11 is 3.17. The molecule has 7 heteroatoms. The number of hydrogen-bond acceptors (Lipinski definition) is 4. The third-order valence-corrected chi connectivity index (χ3v) is 7.98. The van der Waals surface area contributed by atoms with E-state index in [0.29, 0.717) is 13.0 Å². The second-order valence-corrected chi connectivity index (χ2v) is 9.35. The Morgan fingerprint density at radius 3 is 2.62 bits per heavy atom. The summed E-state index contributed by atoms with van der Waals surface area (Å²) in [6.45, 7) is 0.354. The van der Waals surface area contributed by atoms with Crippen molar-refractivity contribution in [3.63, 3.8) is 0 Å². The normalized spacial score (nSPS) is 18.5. The van der Waals surface area contributed by atoms with E-state index in [9.17, 15) is 12.8 Å². The van der Waals surface area contributed by atoms with Crippen LogP contribution in [0.2, 0.25) is 0 Å². The van der Waals surface area contributed by atoms with Gasteiger partial charge in [0.25, 0.3) is 0 Å². The average Bonchev–Trinajstić information content (AvgIpc) is 3.25. The fraction of sp³-hybridized carbons (Fsp3) is 0.176. The maximum absolute atomic E-state index is 14.1. The van der Waals surface area contributed by atoms with E-state index in [2.05, 4.69) is 0 Å². The van der Waals surface area contributed by atoms with Gasteiger partial charge in [-0.2, -0.15) is 4.31 Å². The molecule has 0 saturated heterocycles. The van der Waals surface area contributed by atoms with Gasteiger partial charge < -0.3 is 0 Å². The number of thiophene rings is 2. The lowest BCUT2D eigenvalue weighted by atomic mass is 10.0. The fourth-order valence-electron chi connectivity index (χ4n) is 3.07. The largest absolute Gasteiger partial charge is 0.246 e. The molecular formula is C17H14FNO2S3. The highest BCUT2D eigenvalue weighted by molar-refractivity contribution is 7.89. The van der Waals surface area contributed by atoms with Crippen LogP contribution in [0.4, 0.5) is 4.39 Å². The highest BCUT2D eigenvalue weighted by atomic mass is 32.2. The van der Waals surface area contributed by atoms with Crippen molar-refractivity contribution >= 4 is 32.7 Å². The molecule has 4 rings (SSSR count). The first-order valence-corrected chi connectivity index (χ1v) is 10.6. The molecule has 0 fully saturated rings. The third-order valence-electron chi connectivity index (χ3n) is 4.16. The molecule has 0 spiro atoms. The number of hydrogen-bond donors (Lipinski definition) is 0. The van der Waals surface area contributed by atoms with Crippen molar-refractivity contribution in [2.75, 3.05) is 6.54 Å². The van der Waals surface area contributed by atoms with Gasteiger partial charge in [0.2, 0.25) is 10.0 Å². The number of rotatable bonds is 3. The van der Waals surface area contributed by atoms with Crippen LogP contribution in [0.1, 0.15) is 21.4 Å². The highest BCUT2D eigenvalue weighted by Crippen LogP contribution is 2.42. The summed E-state index contributed by atoms with van der Waals surface area (Å²) in [4.78, 5) is 1.90. The molecule has 2 aromatic heterocycles. The first kappa shape index (κ1) is 16.0. The second-order valence-electron chi connectivity index (χ2n) is 5.51. The first-order valence-electron chi connectivity index (χ1n) is 7.45. The molecule has 0 radical (unpaired) electrons. The third kappa shape index (κ3) is 2.52. The molecule has 24 heavy (non-hydrogen) atoms. The number of benzene rings is 1. The Morgan fingerprint density at radius 1 is 1.04 bits per heavy atom. The maximum Gasteiger partial charge on any atom is 0.246 e. The van der Waals surface area contributed by atoms with Crippen LogP contribution in [0.15, 0.2) is 58.1 Å². The van der Waals surface area contributed by atoms with Crippen LogP contribution in [0.3, 0.4) is 0 Å². The van der Waals surface area contributed by atoms with Crippen molar-refractivity contribution in [2.45, 2.75) is 17.4 Å². The van der Waals surface area contributed by atoms with E-state index in [1.807, 2.05) is 29.0 Å². The summed E-state index contributed by atoms with van der Waals surface area (Å²) in [7, 11) is -3.92. The number of fused-ring (bicyclic) bond motifs is 1. The van der Waals surface area contributed by atoms with E-state index in [1.165, 1.54) is 38.7 Å². The van der Waals surface area contributed by atoms with Gasteiger partial charge in [-0.15, -0.1) is 22.7 Å². The molecule has 0 N–H and O–H groups in total. The zero-order valence-electron chi connectivity index (χ0n) is 12.6. The van der Waals surface area contributed by atoms with Crippen LogP contribution in [-0.2, 0) is 16.4 Å². The summed E-state index contributed by atoms with van der Waals surface area (Å²) in [5.74, 6) is -0.710. The number of halogens is 1. The summed E-state index contributed by atoms with van der Waals surface area (Å²) in [5, 5.41) is 3.92. The Hall–Kier alpha value is -1.54. The smallest absolute Gasteiger partial charge is 0.207 e. The quantitative estimate of drug-likeness (QED) is 0.681. The number of nitrogens with zero attached hydrogens (tertiary/aromatic N) is 1. The zero-order valence-corrected chi connectivity index (χ0v) is 15.0. The summed E-state index contributed by atoms with van der Waals surface area (Å²) in [5.41, 5.74) is 1.01. The van der Waals surface area contributed by atoms with Crippen molar-refractivity contribution in [2.24, 2.45) is 0 Å². The van der Waals surface area contributed by atoms with Crippen LogP contribution < -0.4 is 0 Å². The molecule has 0 amide bonds. The van der Waals surface area contributed by atoms with Crippen LogP contribution in [0.25, 0.3) is 0 Å². The minimum atomic E-state index is -3.92. The van der Waals surface area contributed by atoms with Crippen LogP contribution >= 0.6 is 22.7 Å². The summed E-state index contributed by atoms with van der Waals surface area (Å²) < 4.78 is 41.9. The Bertz CT molecular complexity index is 963. The topological polar surface area (TPSA) is 37.4 Å². The van der Waals surface area contributed by atoms with Gasteiger partial charge in [0.15, 0.2) is 0 Å². The zero-order chi connectivity index (χ0) is 16.7. The van der Waals surface area contributed by atoms with E-state index in [1.54, 1.807) is 17.4 Å². The number of sulfonamides is 1. The molecule has 0 aliphatic carbocycles. The lowest BCUT2D eigenvalue weighted by Gasteiger charge is -2.34. The Kier molecular flexibility index (Phi) is 4.04. The van der Waals surface area contributed by atoms with Gasteiger partial charge in [0, 0.05) is 16.3 Å². The minimum absolute atomic E-state index is 0.259. The predicted octanol–water partition coefficient (Wildman–Crippen LogP) is 4.29. The molecule has 1 aromatic carbocycles. The predicted molar refractivity (Wildman–Crippen MR) is 94.5 cm³/mol. The van der Waals surface area contributed by atoms with Crippen molar-refractivity contribution in [1.82, 2.24) is 4.31 Å². The van der Waals surface area contributed by atoms with Crippen molar-refractivity contribution < 1.29 is 12.8 Å². The molecule has 124 valence electrons. The van der Waals surface area contributed by atoms with Crippen molar-refractivity contribution in [3.8, 4) is 0 Å². The molecule has 3 nitrogen and oxygen atoms in total. The molecule has 3 aromatic rings. The standard InChI is InChI=1S/C17H14FNO2S3/c18-13-4-1-2-6-16(13)24(20,21)19-9-7-14-12(8-11-23-14)17(19)15-5-3-10-22-15/h1-6,8,10-11,17H,7,9H2/t17-/m1/s1. The van der Waals surface area contributed by atoms with E-state index >= 15 is 0 Å². The molecule has 3 heterocycles. The monoisotopic (exact) mass is 379 g/mol. The van der Waals surface area contributed by atoms with Crippen LogP contribution in [0, 0.1) is 5.82 Å². The van der Waals surface area contributed by atoms with Gasteiger partial charge in [-0.1, -0.05) is 18.2 Å². The van der Waals surface area contributed by atoms with E-state index < -0.39 is 15.8 Å². The lowest BCUT2D eigenvalue weighted by molar-refractivity contribution is 0.348. The van der Waals surface area contributed by atoms with E-state index in [-0.39, 0.29) is 10.9 Å². The van der Waals surface area contributed by atoms with Crippen LogP contribution in [0.5, 0.6) is 0 Å². The molecule has 1 aliphatic heterocycles. The summed E-state index contributed by atoms with van der Waals surface area (Å²) in [6, 6.07) is 11.0. The molecule has 0 unspecified atom stereocenters. The van der Waals surface area contributed by atoms with Crippen LogP contribution in [-0.4, -0.2) is 19.3 Å². The Morgan fingerprint density at radius 2 is 1.88 bits per heavy atom. The first-order chi connectivity index (χ1) is 11.6. The summed E-state index contributed by atoms with van der Waals surface area (Å²) in [6.07, 6.45) is 0.655. The molecular weight excluding hydrogens is 365 g/mol. The van der Waals surface area contributed by atoms with Gasteiger partial charge in [-0.05, 0) is 47.0 Å². The van der Waals surface area contributed by atoms with Crippen molar-refractivity contribution in [1.29, 1.82) is 0 Å². The van der Waals surface area contributed by atoms with Crippen molar-refractivity contribution in [3.05, 3.63) is 74.4 Å². The minimum Gasteiger partial charge on any atom is -0.207 e. The molecule has 0 saturated carbocycles. The van der Waals surface area contributed by atoms with Gasteiger partial charge in [-0.3, -0.25) is 0 Å². The second kappa shape index (κ2) is 6.07. The van der Waals surface area contributed by atoms with Gasteiger partial charge >= 0.3 is 0 Å². The Balaban J connectivity index is 1.87. The molecule has 1 aliphatic rings. The van der Waals surface area contributed by atoms with E-state index in [0.717, 1.165) is 10.4 Å². The molecule has 1 atom stereocenters. The average molecular weight is 380 g/mol. The fourth-order valence-corrected chi connectivity index (χ4v) is 6.55. The Labute approximate surface area is 148 Å².